The molecule has 0 unspecified atom stereocenters. The van der Waals surface area contributed by atoms with Gasteiger partial charge >= 0.3 is 10.8 Å². The topological polar surface area (TPSA) is 94.5 Å². The summed E-state index contributed by atoms with van der Waals surface area (Å²) in [6, 6.07) is 17.7. The number of anilines is 1. The Morgan fingerprint density at radius 2 is 1.88 bits per heavy atom. The number of rotatable bonds is 6. The number of carbonyl (C=O) groups is 1. The minimum Gasteiger partial charge on any atom is -0.465 e. The second-order valence-electron chi connectivity index (χ2n) is 6.85. The molecule has 0 aliphatic carbocycles. The summed E-state index contributed by atoms with van der Waals surface area (Å²) in [6.07, 6.45) is 0. The lowest BCUT2D eigenvalue weighted by Crippen LogP contribution is -2.14. The van der Waals surface area contributed by atoms with Gasteiger partial charge < -0.3 is 4.74 Å². The maximum absolute atomic E-state index is 12.9. The second-order valence-corrected chi connectivity index (χ2v) is 9.94. The average molecular weight is 489 g/mol. The first-order chi connectivity index (χ1) is 15.3. The minimum absolute atomic E-state index is 0.000357. The molecular formula is C22H17ClN2O5S2. The molecule has 0 amide bonds. The van der Waals surface area contributed by atoms with Crippen LogP contribution in [0.3, 0.4) is 0 Å². The van der Waals surface area contributed by atoms with Gasteiger partial charge in [-0.2, -0.15) is 0 Å². The van der Waals surface area contributed by atoms with Crippen molar-refractivity contribution in [2.75, 3.05) is 11.8 Å². The molecule has 0 radical (unpaired) electrons. The Morgan fingerprint density at radius 1 is 1.09 bits per heavy atom. The summed E-state index contributed by atoms with van der Waals surface area (Å²) in [4.78, 5) is 24.0. The van der Waals surface area contributed by atoms with Gasteiger partial charge in [0.2, 0.25) is 0 Å². The van der Waals surface area contributed by atoms with Gasteiger partial charge in [0.15, 0.2) is 0 Å². The van der Waals surface area contributed by atoms with Gasteiger partial charge in [0.25, 0.3) is 10.0 Å². The van der Waals surface area contributed by atoms with Crippen LogP contribution in [0.5, 0.6) is 0 Å². The number of fused-ring (bicyclic) bond motifs is 1. The maximum atomic E-state index is 12.9. The Labute approximate surface area is 192 Å². The Hall–Kier alpha value is -3.14. The van der Waals surface area contributed by atoms with Crippen molar-refractivity contribution in [3.8, 4) is 0 Å². The number of methoxy groups -OCH3 is 1. The maximum Gasteiger partial charge on any atom is 0.337 e. The van der Waals surface area contributed by atoms with E-state index in [0.29, 0.717) is 15.2 Å². The van der Waals surface area contributed by atoms with Crippen LogP contribution in [0.4, 0.5) is 5.69 Å². The summed E-state index contributed by atoms with van der Waals surface area (Å²) in [5, 5.41) is 0.552. The van der Waals surface area contributed by atoms with E-state index in [4.69, 9.17) is 11.6 Å². The average Bonchev–Trinajstić information content (AvgIpc) is 3.09. The van der Waals surface area contributed by atoms with Gasteiger partial charge in [-0.1, -0.05) is 47.2 Å². The molecule has 0 aliphatic heterocycles. The zero-order valence-corrected chi connectivity index (χ0v) is 19.1. The number of sulfonamides is 1. The number of nitrogens with one attached hydrogen (secondary N) is 1. The van der Waals surface area contributed by atoms with Crippen molar-refractivity contribution in [1.29, 1.82) is 0 Å². The second kappa shape index (κ2) is 8.78. The molecule has 3 aromatic carbocycles. The van der Waals surface area contributed by atoms with Crippen LogP contribution in [0.25, 0.3) is 10.2 Å². The molecular weight excluding hydrogens is 472 g/mol. The molecule has 1 heterocycles. The van der Waals surface area contributed by atoms with E-state index >= 15 is 0 Å². The number of carbonyl (C=O) groups excluding carboxylic acids is 1. The molecule has 0 saturated heterocycles. The molecule has 0 spiro atoms. The number of ether oxygens (including phenoxy) is 1. The number of nitrogens with zero attached hydrogens (tertiary/aromatic N) is 1. The molecule has 164 valence electrons. The van der Waals surface area contributed by atoms with Crippen molar-refractivity contribution in [1.82, 2.24) is 4.57 Å². The standard InChI is InChI=1S/C22H17ClN2O5S2/c1-30-21(26)14-6-4-7-16(11-14)24-32(28,29)17-9-10-19-20(12-17)31-22(27)25(19)13-15-5-2-3-8-18(15)23/h2-12,24H,13H2,1H3. The molecule has 0 fully saturated rings. The molecule has 1 aromatic heterocycles. The van der Waals surface area contributed by atoms with Gasteiger partial charge in [-0.05, 0) is 48.0 Å². The zero-order chi connectivity index (χ0) is 22.9. The Balaban J connectivity index is 1.66. The summed E-state index contributed by atoms with van der Waals surface area (Å²) < 4.78 is 35.0. The fourth-order valence-corrected chi connectivity index (χ4v) is 5.48. The summed E-state index contributed by atoms with van der Waals surface area (Å²) >= 11 is 7.18. The number of aromatic nitrogens is 1. The zero-order valence-electron chi connectivity index (χ0n) is 16.7. The highest BCUT2D eigenvalue weighted by Gasteiger charge is 2.18. The fraction of sp³-hybridized carbons (Fsp3) is 0.0909. The third kappa shape index (κ3) is 4.40. The van der Waals surface area contributed by atoms with Gasteiger partial charge in [0.1, 0.15) is 0 Å². The molecule has 7 nitrogen and oxygen atoms in total. The van der Waals surface area contributed by atoms with E-state index in [9.17, 15) is 18.0 Å². The first kappa shape index (κ1) is 22.1. The van der Waals surface area contributed by atoms with Crippen molar-refractivity contribution in [3.63, 3.8) is 0 Å². The molecule has 1 N–H and O–H groups in total. The van der Waals surface area contributed by atoms with Crippen LogP contribution in [0.15, 0.2) is 76.4 Å². The monoisotopic (exact) mass is 488 g/mol. The molecule has 0 aliphatic rings. The lowest BCUT2D eigenvalue weighted by atomic mass is 10.2. The summed E-state index contributed by atoms with van der Waals surface area (Å²) in [6.45, 7) is 0.281. The van der Waals surface area contributed by atoms with Crippen LogP contribution < -0.4 is 9.60 Å². The summed E-state index contributed by atoms with van der Waals surface area (Å²) in [5.41, 5.74) is 1.85. The molecule has 10 heteroatoms. The van der Waals surface area contributed by atoms with Crippen LogP contribution in [0.2, 0.25) is 5.02 Å². The van der Waals surface area contributed by atoms with E-state index in [1.165, 1.54) is 37.4 Å². The van der Waals surface area contributed by atoms with E-state index in [2.05, 4.69) is 9.46 Å². The Bertz CT molecular complexity index is 1490. The third-order valence-electron chi connectivity index (χ3n) is 4.77. The lowest BCUT2D eigenvalue weighted by Gasteiger charge is -2.10. The highest BCUT2D eigenvalue weighted by molar-refractivity contribution is 7.92. The first-order valence-electron chi connectivity index (χ1n) is 9.36. The van der Waals surface area contributed by atoms with Gasteiger partial charge in [-0.15, -0.1) is 0 Å². The van der Waals surface area contributed by atoms with E-state index < -0.39 is 16.0 Å². The Kier molecular flexibility index (Phi) is 6.05. The Morgan fingerprint density at radius 3 is 2.62 bits per heavy atom. The first-order valence-corrected chi connectivity index (χ1v) is 12.0. The van der Waals surface area contributed by atoms with Gasteiger partial charge in [0, 0.05) is 10.7 Å². The summed E-state index contributed by atoms with van der Waals surface area (Å²) in [7, 11) is -2.70. The van der Waals surface area contributed by atoms with E-state index in [-0.39, 0.29) is 27.6 Å². The molecule has 0 saturated carbocycles. The van der Waals surface area contributed by atoms with Gasteiger partial charge in [-0.3, -0.25) is 14.1 Å². The van der Waals surface area contributed by atoms with Crippen molar-refractivity contribution in [2.24, 2.45) is 0 Å². The van der Waals surface area contributed by atoms with Crippen LogP contribution in [-0.4, -0.2) is 26.1 Å². The molecule has 32 heavy (non-hydrogen) atoms. The number of halogens is 1. The number of thiazole rings is 1. The highest BCUT2D eigenvalue weighted by Crippen LogP contribution is 2.25. The third-order valence-corrected chi connectivity index (χ3v) is 7.46. The van der Waals surface area contributed by atoms with Gasteiger partial charge in [0.05, 0.1) is 34.3 Å². The van der Waals surface area contributed by atoms with Crippen molar-refractivity contribution in [3.05, 3.63) is 92.5 Å². The molecule has 0 bridgehead atoms. The van der Waals surface area contributed by atoms with Gasteiger partial charge in [-0.25, -0.2) is 13.2 Å². The predicted octanol–water partition coefficient (Wildman–Crippen LogP) is 4.35. The minimum atomic E-state index is -3.95. The number of hydrogen-bond acceptors (Lipinski definition) is 6. The van der Waals surface area contributed by atoms with E-state index in [0.717, 1.165) is 16.9 Å². The smallest absolute Gasteiger partial charge is 0.337 e. The number of esters is 1. The van der Waals surface area contributed by atoms with Crippen LogP contribution >= 0.6 is 22.9 Å². The van der Waals surface area contributed by atoms with Crippen LogP contribution in [-0.2, 0) is 21.3 Å². The molecule has 4 aromatic rings. The largest absolute Gasteiger partial charge is 0.465 e. The van der Waals surface area contributed by atoms with E-state index in [1.807, 2.05) is 18.2 Å². The van der Waals surface area contributed by atoms with Crippen molar-refractivity contribution in [2.45, 2.75) is 11.4 Å². The van der Waals surface area contributed by atoms with E-state index in [1.54, 1.807) is 22.8 Å². The fourth-order valence-electron chi connectivity index (χ4n) is 3.20. The lowest BCUT2D eigenvalue weighted by molar-refractivity contribution is 0.0600. The van der Waals surface area contributed by atoms with Crippen molar-refractivity contribution >= 4 is 54.8 Å². The van der Waals surface area contributed by atoms with Crippen molar-refractivity contribution < 1.29 is 17.9 Å². The van der Waals surface area contributed by atoms with Crippen LogP contribution in [0, 0.1) is 0 Å². The highest BCUT2D eigenvalue weighted by atomic mass is 35.5. The van der Waals surface area contributed by atoms with Crippen LogP contribution in [0.1, 0.15) is 15.9 Å². The summed E-state index contributed by atoms with van der Waals surface area (Å²) in [5.74, 6) is -0.572. The predicted molar refractivity (Wildman–Crippen MR) is 125 cm³/mol. The normalized spacial score (nSPS) is 11.4. The molecule has 0 atom stereocenters. The SMILES string of the molecule is COC(=O)c1cccc(NS(=O)(=O)c2ccc3c(c2)sc(=O)n3Cc2ccccc2Cl)c1. The quantitative estimate of drug-likeness (QED) is 0.407. The number of hydrogen-bond donors (Lipinski definition) is 1. The number of benzene rings is 3. The molecule has 4 rings (SSSR count).